The summed E-state index contributed by atoms with van der Waals surface area (Å²) in [5.74, 6) is 1.02. The molecule has 0 aliphatic carbocycles. The van der Waals surface area contributed by atoms with Gasteiger partial charge in [-0.15, -0.1) is 0 Å². The molecule has 3 heterocycles. The zero-order valence-corrected chi connectivity index (χ0v) is 12.7. The molecule has 0 bridgehead atoms. The third-order valence-corrected chi connectivity index (χ3v) is 4.81. The molecule has 3 aliphatic heterocycles. The molecule has 5 nitrogen and oxygen atoms in total. The Balaban J connectivity index is 1.51. The number of rotatable bonds is 2. The van der Waals surface area contributed by atoms with E-state index in [0.29, 0.717) is 12.6 Å². The number of likely N-dealkylation sites (tertiary alicyclic amines) is 1. The highest BCUT2D eigenvalue weighted by atomic mass is 16.5. The monoisotopic (exact) mass is 281 g/mol. The van der Waals surface area contributed by atoms with Crippen molar-refractivity contribution in [2.24, 2.45) is 5.92 Å². The van der Waals surface area contributed by atoms with Crippen LogP contribution in [0, 0.1) is 5.92 Å². The van der Waals surface area contributed by atoms with Gasteiger partial charge < -0.3 is 15.0 Å². The van der Waals surface area contributed by atoms with Gasteiger partial charge in [-0.3, -0.25) is 9.69 Å². The van der Waals surface area contributed by atoms with Crippen molar-refractivity contribution in [2.75, 3.05) is 39.3 Å². The maximum atomic E-state index is 12.5. The molecule has 0 saturated carbocycles. The van der Waals surface area contributed by atoms with Crippen LogP contribution in [0.15, 0.2) is 0 Å². The van der Waals surface area contributed by atoms with E-state index in [1.165, 1.54) is 12.8 Å². The van der Waals surface area contributed by atoms with Crippen molar-refractivity contribution >= 4 is 5.91 Å². The number of piperidine rings is 1. The van der Waals surface area contributed by atoms with E-state index in [0.717, 1.165) is 38.6 Å². The average molecular weight is 281 g/mol. The van der Waals surface area contributed by atoms with Gasteiger partial charge in [0.15, 0.2) is 0 Å². The molecule has 20 heavy (non-hydrogen) atoms. The van der Waals surface area contributed by atoms with Gasteiger partial charge >= 0.3 is 0 Å². The Morgan fingerprint density at radius 1 is 1.20 bits per heavy atom. The van der Waals surface area contributed by atoms with Crippen LogP contribution < -0.4 is 5.32 Å². The fourth-order valence-corrected chi connectivity index (χ4v) is 3.94. The Kier molecular flexibility index (Phi) is 4.29. The number of carbonyl (C=O) groups is 1. The minimum atomic E-state index is 0.158. The second kappa shape index (κ2) is 6.00. The van der Waals surface area contributed by atoms with Gasteiger partial charge in [0.2, 0.25) is 5.91 Å². The molecule has 1 amide bonds. The van der Waals surface area contributed by atoms with E-state index in [4.69, 9.17) is 4.74 Å². The van der Waals surface area contributed by atoms with E-state index in [-0.39, 0.29) is 18.1 Å². The molecule has 5 heteroatoms. The van der Waals surface area contributed by atoms with Crippen LogP contribution in [0.5, 0.6) is 0 Å². The van der Waals surface area contributed by atoms with E-state index in [9.17, 15) is 4.79 Å². The molecule has 3 saturated heterocycles. The summed E-state index contributed by atoms with van der Waals surface area (Å²) in [7, 11) is 0. The summed E-state index contributed by atoms with van der Waals surface area (Å²) in [5.41, 5.74) is 0. The number of fused-ring (bicyclic) bond motifs is 1. The van der Waals surface area contributed by atoms with Gasteiger partial charge in [0, 0.05) is 32.2 Å². The van der Waals surface area contributed by atoms with Gasteiger partial charge in [0.1, 0.15) is 0 Å². The lowest BCUT2D eigenvalue weighted by atomic mass is 9.94. The van der Waals surface area contributed by atoms with Crippen LogP contribution in [0.2, 0.25) is 0 Å². The molecule has 4 unspecified atom stereocenters. The number of nitrogens with one attached hydrogen (secondary N) is 1. The predicted octanol–water partition coefficient (Wildman–Crippen LogP) is 0.306. The first-order valence-corrected chi connectivity index (χ1v) is 8.01. The highest BCUT2D eigenvalue weighted by Crippen LogP contribution is 2.24. The van der Waals surface area contributed by atoms with Crippen molar-refractivity contribution in [1.82, 2.24) is 15.1 Å². The van der Waals surface area contributed by atoms with Gasteiger partial charge in [-0.2, -0.15) is 0 Å². The molecule has 4 atom stereocenters. The van der Waals surface area contributed by atoms with Crippen molar-refractivity contribution in [1.29, 1.82) is 0 Å². The maximum Gasteiger partial charge on any atom is 0.236 e. The average Bonchev–Trinajstić information content (AvgIpc) is 2.79. The molecule has 0 radical (unpaired) electrons. The molecular weight excluding hydrogens is 254 g/mol. The summed E-state index contributed by atoms with van der Waals surface area (Å²) in [5, 5.41) is 3.59. The molecule has 0 aromatic heterocycles. The number of morpholine rings is 1. The zero-order chi connectivity index (χ0) is 14.1. The van der Waals surface area contributed by atoms with E-state index in [2.05, 4.69) is 10.2 Å². The summed E-state index contributed by atoms with van der Waals surface area (Å²) >= 11 is 0. The van der Waals surface area contributed by atoms with Gasteiger partial charge in [-0.1, -0.05) is 0 Å². The molecule has 3 rings (SSSR count). The Morgan fingerprint density at radius 2 is 1.95 bits per heavy atom. The Hall–Kier alpha value is -0.650. The van der Waals surface area contributed by atoms with Gasteiger partial charge in [-0.25, -0.2) is 0 Å². The first-order valence-electron chi connectivity index (χ1n) is 8.01. The lowest BCUT2D eigenvalue weighted by Gasteiger charge is -2.36. The largest absolute Gasteiger partial charge is 0.372 e. The lowest BCUT2D eigenvalue weighted by Crippen LogP contribution is -2.51. The van der Waals surface area contributed by atoms with Gasteiger partial charge in [0.25, 0.3) is 0 Å². The molecule has 1 N–H and O–H groups in total. The third-order valence-electron chi connectivity index (χ3n) is 4.81. The van der Waals surface area contributed by atoms with Crippen molar-refractivity contribution in [3.63, 3.8) is 0 Å². The standard InChI is InChI=1S/C15H27N3O2/c1-11-6-18(7-12(2)20-11)15(19)10-17-8-13-4-3-5-16-14(13)9-17/h11-14,16H,3-10H2,1-2H3. The van der Waals surface area contributed by atoms with Crippen LogP contribution in [-0.2, 0) is 9.53 Å². The maximum absolute atomic E-state index is 12.5. The number of nitrogens with zero attached hydrogens (tertiary/aromatic N) is 2. The van der Waals surface area contributed by atoms with Crippen LogP contribution >= 0.6 is 0 Å². The van der Waals surface area contributed by atoms with Crippen LogP contribution in [-0.4, -0.2) is 73.2 Å². The molecule has 3 fully saturated rings. The second-order valence-corrected chi connectivity index (χ2v) is 6.71. The van der Waals surface area contributed by atoms with Crippen LogP contribution in [0.3, 0.4) is 0 Å². The molecule has 114 valence electrons. The van der Waals surface area contributed by atoms with E-state index >= 15 is 0 Å². The van der Waals surface area contributed by atoms with E-state index in [1.807, 2.05) is 18.7 Å². The first kappa shape index (κ1) is 14.3. The summed E-state index contributed by atoms with van der Waals surface area (Å²) in [6.45, 7) is 9.40. The minimum Gasteiger partial charge on any atom is -0.372 e. The Bertz CT molecular complexity index is 339. The van der Waals surface area contributed by atoms with E-state index in [1.54, 1.807) is 0 Å². The number of hydrogen-bond donors (Lipinski definition) is 1. The molecule has 0 spiro atoms. The molecular formula is C15H27N3O2. The Morgan fingerprint density at radius 3 is 2.65 bits per heavy atom. The topological polar surface area (TPSA) is 44.8 Å². The predicted molar refractivity (Wildman–Crippen MR) is 77.5 cm³/mol. The van der Waals surface area contributed by atoms with Crippen LogP contribution in [0.4, 0.5) is 0 Å². The van der Waals surface area contributed by atoms with Crippen molar-refractivity contribution in [2.45, 2.75) is 44.9 Å². The summed E-state index contributed by atoms with van der Waals surface area (Å²) < 4.78 is 5.70. The first-order chi connectivity index (χ1) is 9.61. The second-order valence-electron chi connectivity index (χ2n) is 6.71. The molecule has 3 aliphatic rings. The fraction of sp³-hybridized carbons (Fsp3) is 0.933. The number of ether oxygens (including phenoxy) is 1. The quantitative estimate of drug-likeness (QED) is 0.791. The van der Waals surface area contributed by atoms with Crippen LogP contribution in [0.25, 0.3) is 0 Å². The van der Waals surface area contributed by atoms with Crippen molar-refractivity contribution in [3.8, 4) is 0 Å². The highest BCUT2D eigenvalue weighted by Gasteiger charge is 2.36. The lowest BCUT2D eigenvalue weighted by molar-refractivity contribution is -0.144. The van der Waals surface area contributed by atoms with Gasteiger partial charge in [-0.05, 0) is 39.2 Å². The minimum absolute atomic E-state index is 0.158. The summed E-state index contributed by atoms with van der Waals surface area (Å²) in [4.78, 5) is 16.8. The normalized spacial score (nSPS) is 38.8. The Labute approximate surface area is 121 Å². The zero-order valence-electron chi connectivity index (χ0n) is 12.7. The third kappa shape index (κ3) is 3.15. The number of hydrogen-bond acceptors (Lipinski definition) is 4. The van der Waals surface area contributed by atoms with E-state index < -0.39 is 0 Å². The van der Waals surface area contributed by atoms with Crippen molar-refractivity contribution < 1.29 is 9.53 Å². The number of amides is 1. The van der Waals surface area contributed by atoms with Crippen molar-refractivity contribution in [3.05, 3.63) is 0 Å². The summed E-state index contributed by atoms with van der Waals surface area (Å²) in [6.07, 6.45) is 2.91. The highest BCUT2D eigenvalue weighted by molar-refractivity contribution is 5.78. The smallest absolute Gasteiger partial charge is 0.236 e. The SMILES string of the molecule is CC1CN(C(=O)CN2CC3CCCNC3C2)CC(C)O1. The molecule has 0 aromatic rings. The molecule has 0 aromatic carbocycles. The van der Waals surface area contributed by atoms with Crippen LogP contribution in [0.1, 0.15) is 26.7 Å². The fourth-order valence-electron chi connectivity index (χ4n) is 3.94. The van der Waals surface area contributed by atoms with Gasteiger partial charge in [0.05, 0.1) is 18.8 Å². The number of carbonyl (C=O) groups excluding carboxylic acids is 1. The summed E-state index contributed by atoms with van der Waals surface area (Å²) in [6, 6.07) is 0.610.